The van der Waals surface area contributed by atoms with E-state index in [1.54, 1.807) is 13.8 Å². The SMILES string of the molecule is CC(C)c1nc(F)sc1C(=O)O. The summed E-state index contributed by atoms with van der Waals surface area (Å²) in [6.07, 6.45) is 0. The van der Waals surface area contributed by atoms with Gasteiger partial charge in [0.25, 0.3) is 5.26 Å². The van der Waals surface area contributed by atoms with Crippen molar-refractivity contribution >= 4 is 17.3 Å². The molecule has 5 heteroatoms. The molecule has 0 saturated carbocycles. The number of carbonyl (C=O) groups is 1. The molecule has 0 fully saturated rings. The summed E-state index contributed by atoms with van der Waals surface area (Å²) in [7, 11) is 0. The van der Waals surface area contributed by atoms with Gasteiger partial charge in [0.15, 0.2) is 0 Å². The number of thiazole rings is 1. The van der Waals surface area contributed by atoms with Crippen molar-refractivity contribution in [3.05, 3.63) is 15.8 Å². The first-order valence-electron chi connectivity index (χ1n) is 3.42. The fourth-order valence-electron chi connectivity index (χ4n) is 0.849. The van der Waals surface area contributed by atoms with E-state index in [1.807, 2.05) is 0 Å². The highest BCUT2D eigenvalue weighted by molar-refractivity contribution is 7.12. The smallest absolute Gasteiger partial charge is 0.347 e. The lowest BCUT2D eigenvalue weighted by molar-refractivity contribution is 0.0700. The molecule has 66 valence electrons. The van der Waals surface area contributed by atoms with Crippen LogP contribution in [0.15, 0.2) is 0 Å². The second-order valence-corrected chi connectivity index (χ2v) is 3.59. The van der Waals surface area contributed by atoms with Gasteiger partial charge in [-0.3, -0.25) is 0 Å². The molecule has 1 rings (SSSR count). The summed E-state index contributed by atoms with van der Waals surface area (Å²) in [5.74, 6) is -1.17. The number of nitrogens with zero attached hydrogens (tertiary/aromatic N) is 1. The van der Waals surface area contributed by atoms with Gasteiger partial charge in [-0.15, -0.1) is 0 Å². The molecule has 1 aromatic rings. The zero-order chi connectivity index (χ0) is 9.30. The van der Waals surface area contributed by atoms with Gasteiger partial charge in [-0.2, -0.15) is 4.39 Å². The molecule has 0 aliphatic heterocycles. The molecule has 1 heterocycles. The molecule has 0 aromatic carbocycles. The van der Waals surface area contributed by atoms with Crippen molar-refractivity contribution in [1.29, 1.82) is 0 Å². The van der Waals surface area contributed by atoms with E-state index >= 15 is 0 Å². The van der Waals surface area contributed by atoms with Gasteiger partial charge < -0.3 is 5.11 Å². The molecule has 0 atom stereocenters. The third kappa shape index (κ3) is 1.61. The summed E-state index contributed by atoms with van der Waals surface area (Å²) in [4.78, 5) is 14.0. The summed E-state index contributed by atoms with van der Waals surface area (Å²) in [6, 6.07) is 0. The molecule has 3 nitrogen and oxygen atoms in total. The van der Waals surface area contributed by atoms with Crippen molar-refractivity contribution in [2.24, 2.45) is 0 Å². The van der Waals surface area contributed by atoms with E-state index in [-0.39, 0.29) is 10.8 Å². The molecule has 0 amide bonds. The van der Waals surface area contributed by atoms with Crippen LogP contribution in [0.5, 0.6) is 0 Å². The average molecular weight is 189 g/mol. The van der Waals surface area contributed by atoms with E-state index in [0.717, 1.165) is 0 Å². The van der Waals surface area contributed by atoms with Crippen molar-refractivity contribution in [2.45, 2.75) is 19.8 Å². The Kier molecular flexibility index (Phi) is 2.42. The van der Waals surface area contributed by atoms with Gasteiger partial charge in [0, 0.05) is 0 Å². The van der Waals surface area contributed by atoms with Crippen LogP contribution < -0.4 is 0 Å². The molecule has 0 bridgehead atoms. The van der Waals surface area contributed by atoms with Gasteiger partial charge in [0.2, 0.25) is 0 Å². The maximum Gasteiger partial charge on any atom is 0.347 e. The first-order chi connectivity index (χ1) is 5.52. The number of carboxylic acids is 1. The molecule has 1 N–H and O–H groups in total. The van der Waals surface area contributed by atoms with Gasteiger partial charge in [-0.05, 0) is 5.92 Å². The molecule has 0 aliphatic carbocycles. The number of hydrogen-bond donors (Lipinski definition) is 1. The zero-order valence-electron chi connectivity index (χ0n) is 6.67. The van der Waals surface area contributed by atoms with Gasteiger partial charge in [-0.25, -0.2) is 9.78 Å². The molecule has 0 spiro atoms. The van der Waals surface area contributed by atoms with Crippen LogP contribution >= 0.6 is 11.3 Å². The molecule has 0 unspecified atom stereocenters. The number of aromatic carboxylic acids is 1. The summed E-state index contributed by atoms with van der Waals surface area (Å²) in [6.45, 7) is 3.56. The predicted octanol–water partition coefficient (Wildman–Crippen LogP) is 2.10. The lowest BCUT2D eigenvalue weighted by Crippen LogP contribution is -2.00. The Labute approximate surface area is 72.9 Å². The molecule has 0 saturated heterocycles. The Hall–Kier alpha value is -0.970. The van der Waals surface area contributed by atoms with Crippen molar-refractivity contribution in [1.82, 2.24) is 4.98 Å². The number of halogens is 1. The second-order valence-electron chi connectivity index (χ2n) is 2.64. The van der Waals surface area contributed by atoms with Crippen LogP contribution in [0.25, 0.3) is 0 Å². The summed E-state index contributed by atoms with van der Waals surface area (Å²) >= 11 is 0.573. The minimum absolute atomic E-state index is 0.00231. The van der Waals surface area contributed by atoms with Crippen molar-refractivity contribution < 1.29 is 14.3 Å². The number of aromatic nitrogens is 1. The van der Waals surface area contributed by atoms with E-state index in [1.165, 1.54) is 0 Å². The first kappa shape index (κ1) is 9.12. The largest absolute Gasteiger partial charge is 0.477 e. The molecule has 0 radical (unpaired) electrons. The third-order valence-corrected chi connectivity index (χ3v) is 2.22. The van der Waals surface area contributed by atoms with Crippen LogP contribution in [0.1, 0.15) is 35.1 Å². The molecule has 1 aromatic heterocycles. The van der Waals surface area contributed by atoms with E-state index < -0.39 is 11.2 Å². The Morgan fingerprint density at radius 2 is 2.25 bits per heavy atom. The second kappa shape index (κ2) is 3.18. The van der Waals surface area contributed by atoms with Gasteiger partial charge in [0.05, 0.1) is 5.69 Å². The summed E-state index contributed by atoms with van der Waals surface area (Å²) in [5.41, 5.74) is 0.324. The molecular formula is C7H8FNO2S. The minimum Gasteiger partial charge on any atom is -0.477 e. The zero-order valence-corrected chi connectivity index (χ0v) is 7.48. The Bertz CT molecular complexity index is 308. The highest BCUT2D eigenvalue weighted by atomic mass is 32.1. The summed E-state index contributed by atoms with van der Waals surface area (Å²) in [5, 5.41) is 7.95. The highest BCUT2D eigenvalue weighted by Crippen LogP contribution is 2.23. The fourth-order valence-corrected chi connectivity index (χ4v) is 1.63. The maximum absolute atomic E-state index is 12.6. The lowest BCUT2D eigenvalue weighted by atomic mass is 10.1. The first-order valence-corrected chi connectivity index (χ1v) is 4.23. The van der Waals surface area contributed by atoms with Crippen LogP contribution in [0.3, 0.4) is 0 Å². The molecule has 0 aliphatic rings. The number of rotatable bonds is 2. The third-order valence-electron chi connectivity index (χ3n) is 1.37. The van der Waals surface area contributed by atoms with Gasteiger partial charge in [0.1, 0.15) is 4.88 Å². The van der Waals surface area contributed by atoms with Crippen LogP contribution in [-0.4, -0.2) is 16.1 Å². The lowest BCUT2D eigenvalue weighted by Gasteiger charge is -1.99. The van der Waals surface area contributed by atoms with Crippen LogP contribution in [-0.2, 0) is 0 Å². The van der Waals surface area contributed by atoms with Crippen LogP contribution in [0.4, 0.5) is 4.39 Å². The van der Waals surface area contributed by atoms with Crippen LogP contribution in [0.2, 0.25) is 0 Å². The Balaban J connectivity index is 3.17. The predicted molar refractivity (Wildman–Crippen MR) is 43.1 cm³/mol. The monoisotopic (exact) mass is 189 g/mol. The molecular weight excluding hydrogens is 181 g/mol. The van der Waals surface area contributed by atoms with E-state index in [4.69, 9.17) is 5.11 Å². The Morgan fingerprint density at radius 1 is 1.67 bits per heavy atom. The van der Waals surface area contributed by atoms with E-state index in [9.17, 15) is 9.18 Å². The fraction of sp³-hybridized carbons (Fsp3) is 0.429. The van der Waals surface area contributed by atoms with Gasteiger partial charge >= 0.3 is 5.97 Å². The number of carboxylic acid groups (broad SMARTS) is 1. The van der Waals surface area contributed by atoms with Gasteiger partial charge in [-0.1, -0.05) is 25.2 Å². The Morgan fingerprint density at radius 3 is 2.58 bits per heavy atom. The topological polar surface area (TPSA) is 50.2 Å². The highest BCUT2D eigenvalue weighted by Gasteiger charge is 2.19. The maximum atomic E-state index is 12.6. The normalized spacial score (nSPS) is 10.7. The van der Waals surface area contributed by atoms with Crippen molar-refractivity contribution in [3.8, 4) is 0 Å². The van der Waals surface area contributed by atoms with Crippen molar-refractivity contribution in [3.63, 3.8) is 0 Å². The van der Waals surface area contributed by atoms with E-state index in [0.29, 0.717) is 17.0 Å². The van der Waals surface area contributed by atoms with Crippen molar-refractivity contribution in [2.75, 3.05) is 0 Å². The quantitative estimate of drug-likeness (QED) is 0.775. The summed E-state index contributed by atoms with van der Waals surface area (Å²) < 4.78 is 12.6. The van der Waals surface area contributed by atoms with E-state index in [2.05, 4.69) is 4.98 Å². The standard InChI is InChI=1S/C7H8FNO2S/c1-3(2)4-5(6(10)11)12-7(8)9-4/h3H,1-2H3,(H,10,11). The minimum atomic E-state index is -1.11. The average Bonchev–Trinajstić information content (AvgIpc) is 2.31. The van der Waals surface area contributed by atoms with Crippen LogP contribution in [0, 0.1) is 5.26 Å². The number of hydrogen-bond acceptors (Lipinski definition) is 3. The molecule has 12 heavy (non-hydrogen) atoms.